The standard InChI is InChI=1S/C11H21.Re/c1-4-10(3)11-7-5-9(2)6-8-11;/h10-11H,4-8H2,1-3H3;/q-1;. The van der Waals surface area contributed by atoms with Crippen molar-refractivity contribution in [2.45, 2.75) is 52.9 Å². The Morgan fingerprint density at radius 1 is 1.33 bits per heavy atom. The molecule has 1 heteroatoms. The maximum absolute atomic E-state index is 2.41. The van der Waals surface area contributed by atoms with Gasteiger partial charge in [-0.1, -0.05) is 33.1 Å². The van der Waals surface area contributed by atoms with E-state index in [1.54, 1.807) is 5.92 Å². The monoisotopic (exact) mass is 340 g/mol. The first kappa shape index (κ1) is 12.7. The summed E-state index contributed by atoms with van der Waals surface area (Å²) in [5.74, 6) is 3.72. The molecule has 1 rings (SSSR count). The molecule has 1 radical (unpaired) electrons. The first-order valence-corrected chi connectivity index (χ1v) is 5.05. The van der Waals surface area contributed by atoms with Crippen LogP contribution in [0.1, 0.15) is 52.9 Å². The van der Waals surface area contributed by atoms with E-state index in [0.29, 0.717) is 0 Å². The first-order chi connectivity index (χ1) is 5.24. The second-order valence-electron chi connectivity index (χ2n) is 4.18. The molecule has 1 fully saturated rings. The van der Waals surface area contributed by atoms with E-state index in [0.717, 1.165) is 11.8 Å². The Morgan fingerprint density at radius 3 is 2.25 bits per heavy atom. The predicted molar refractivity (Wildman–Crippen MR) is 50.3 cm³/mol. The zero-order chi connectivity index (χ0) is 8.27. The number of hydrogen-bond acceptors (Lipinski definition) is 0. The third-order valence-electron chi connectivity index (χ3n) is 3.33. The molecule has 1 saturated carbocycles. The third-order valence-corrected chi connectivity index (χ3v) is 3.33. The SMILES string of the molecule is CCC(C)C1CC[C-](C)CC1.[Re]. The van der Waals surface area contributed by atoms with Crippen LogP contribution in [0, 0.1) is 17.8 Å². The molecule has 0 bridgehead atoms. The van der Waals surface area contributed by atoms with Gasteiger partial charge in [-0.2, -0.15) is 19.8 Å². The zero-order valence-electron chi connectivity index (χ0n) is 8.57. The van der Waals surface area contributed by atoms with Crippen molar-refractivity contribution in [1.82, 2.24) is 0 Å². The van der Waals surface area contributed by atoms with Crippen LogP contribution in [0.5, 0.6) is 0 Å². The molecule has 73 valence electrons. The molecule has 1 unspecified atom stereocenters. The summed E-state index contributed by atoms with van der Waals surface area (Å²) >= 11 is 0. The van der Waals surface area contributed by atoms with Gasteiger partial charge in [0.1, 0.15) is 0 Å². The molecule has 0 aromatic heterocycles. The van der Waals surface area contributed by atoms with E-state index in [-0.39, 0.29) is 20.4 Å². The van der Waals surface area contributed by atoms with Crippen LogP contribution in [0.15, 0.2) is 0 Å². The van der Waals surface area contributed by atoms with E-state index in [1.807, 2.05) is 0 Å². The molecule has 0 aliphatic heterocycles. The normalized spacial score (nSPS) is 23.2. The largest absolute Gasteiger partial charge is 0.317 e. The molecular formula is C11H21Re-. The molecule has 0 amide bonds. The second kappa shape index (κ2) is 6.17. The smallest absolute Gasteiger partial charge is 0 e. The summed E-state index contributed by atoms with van der Waals surface area (Å²) in [6.45, 7) is 7.04. The molecule has 1 atom stereocenters. The van der Waals surface area contributed by atoms with E-state index in [4.69, 9.17) is 0 Å². The van der Waals surface area contributed by atoms with Gasteiger partial charge in [0, 0.05) is 20.4 Å². The maximum atomic E-state index is 2.41. The summed E-state index contributed by atoms with van der Waals surface area (Å²) in [5.41, 5.74) is 0. The fourth-order valence-corrected chi connectivity index (χ4v) is 2.04. The average molecular weight is 339 g/mol. The van der Waals surface area contributed by atoms with Gasteiger partial charge in [0.25, 0.3) is 0 Å². The van der Waals surface area contributed by atoms with Crippen LogP contribution in [0.3, 0.4) is 0 Å². The van der Waals surface area contributed by atoms with Gasteiger partial charge in [-0.3, -0.25) is 0 Å². The minimum Gasteiger partial charge on any atom is -0.317 e. The molecule has 0 aromatic carbocycles. The van der Waals surface area contributed by atoms with Crippen molar-refractivity contribution in [2.75, 3.05) is 0 Å². The maximum Gasteiger partial charge on any atom is 0 e. The number of hydrogen-bond donors (Lipinski definition) is 0. The van der Waals surface area contributed by atoms with E-state index in [9.17, 15) is 0 Å². The minimum atomic E-state index is 0. The Labute approximate surface area is 91.2 Å². The van der Waals surface area contributed by atoms with Gasteiger partial charge in [0.05, 0.1) is 0 Å². The van der Waals surface area contributed by atoms with Crippen LogP contribution in [-0.4, -0.2) is 0 Å². The summed E-state index contributed by atoms with van der Waals surface area (Å²) in [4.78, 5) is 0. The molecule has 0 nitrogen and oxygen atoms in total. The molecule has 0 saturated heterocycles. The van der Waals surface area contributed by atoms with Crippen LogP contribution in [-0.2, 0) is 20.4 Å². The Hall–Kier alpha value is 0.662. The molecule has 0 N–H and O–H groups in total. The molecule has 1 aliphatic carbocycles. The number of rotatable bonds is 2. The van der Waals surface area contributed by atoms with Crippen LogP contribution < -0.4 is 0 Å². The third kappa shape index (κ3) is 3.59. The molecule has 12 heavy (non-hydrogen) atoms. The van der Waals surface area contributed by atoms with Crippen molar-refractivity contribution in [3.8, 4) is 0 Å². The molecular weight excluding hydrogens is 318 g/mol. The Bertz CT molecular complexity index is 104. The van der Waals surface area contributed by atoms with Gasteiger partial charge in [-0.05, 0) is 11.8 Å². The minimum absolute atomic E-state index is 0. The van der Waals surface area contributed by atoms with Crippen LogP contribution in [0.4, 0.5) is 0 Å². The van der Waals surface area contributed by atoms with Crippen molar-refractivity contribution < 1.29 is 20.4 Å². The van der Waals surface area contributed by atoms with Gasteiger partial charge in [0.15, 0.2) is 0 Å². The fourth-order valence-electron chi connectivity index (χ4n) is 2.04. The second-order valence-corrected chi connectivity index (χ2v) is 4.18. The molecule has 1 aliphatic rings. The van der Waals surface area contributed by atoms with E-state index >= 15 is 0 Å². The van der Waals surface area contributed by atoms with E-state index in [2.05, 4.69) is 20.8 Å². The van der Waals surface area contributed by atoms with Crippen molar-refractivity contribution in [3.63, 3.8) is 0 Å². The van der Waals surface area contributed by atoms with Gasteiger partial charge >= 0.3 is 0 Å². The first-order valence-electron chi connectivity index (χ1n) is 5.05. The summed E-state index contributed by atoms with van der Waals surface area (Å²) in [6.07, 6.45) is 7.08. The summed E-state index contributed by atoms with van der Waals surface area (Å²) in [6, 6.07) is 0. The zero-order valence-corrected chi connectivity index (χ0v) is 11.3. The van der Waals surface area contributed by atoms with E-state index < -0.39 is 0 Å². The quantitative estimate of drug-likeness (QED) is 0.671. The molecule has 0 aromatic rings. The van der Waals surface area contributed by atoms with Crippen molar-refractivity contribution in [3.05, 3.63) is 5.92 Å². The Balaban J connectivity index is 0.00000121. The van der Waals surface area contributed by atoms with Crippen molar-refractivity contribution >= 4 is 0 Å². The Morgan fingerprint density at radius 2 is 1.83 bits per heavy atom. The van der Waals surface area contributed by atoms with Crippen molar-refractivity contribution in [1.29, 1.82) is 0 Å². The average Bonchev–Trinajstić information content (AvgIpc) is 2.05. The summed E-state index contributed by atoms with van der Waals surface area (Å²) in [7, 11) is 0. The molecule has 0 heterocycles. The summed E-state index contributed by atoms with van der Waals surface area (Å²) in [5, 5.41) is 0. The van der Waals surface area contributed by atoms with E-state index in [1.165, 1.54) is 32.1 Å². The molecule has 0 spiro atoms. The van der Waals surface area contributed by atoms with Gasteiger partial charge in [-0.15, -0.1) is 0 Å². The van der Waals surface area contributed by atoms with Crippen LogP contribution >= 0.6 is 0 Å². The van der Waals surface area contributed by atoms with Gasteiger partial charge < -0.3 is 5.92 Å². The van der Waals surface area contributed by atoms with Gasteiger partial charge in [0.2, 0.25) is 0 Å². The van der Waals surface area contributed by atoms with Gasteiger partial charge in [-0.25, -0.2) is 0 Å². The topological polar surface area (TPSA) is 0 Å². The fraction of sp³-hybridized carbons (Fsp3) is 0.909. The van der Waals surface area contributed by atoms with Crippen molar-refractivity contribution in [2.24, 2.45) is 11.8 Å². The predicted octanol–water partition coefficient (Wildman–Crippen LogP) is 3.81. The van der Waals surface area contributed by atoms with Crippen LogP contribution in [0.25, 0.3) is 0 Å². The van der Waals surface area contributed by atoms with Crippen LogP contribution in [0.2, 0.25) is 0 Å². The Kier molecular flexibility index (Phi) is 6.51. The summed E-state index contributed by atoms with van der Waals surface area (Å²) < 4.78 is 0.